The average molecular weight is 966 g/mol. The highest BCUT2D eigenvalue weighted by Crippen LogP contribution is 2.72. The third-order valence-corrected chi connectivity index (χ3v) is 15.3. The Bertz CT molecular complexity index is 2620. The lowest BCUT2D eigenvalue weighted by atomic mass is 9.44. The van der Waals surface area contributed by atoms with Gasteiger partial charge in [0.15, 0.2) is 29.4 Å². The highest BCUT2D eigenvalue weighted by atomic mass is 19.1. The van der Waals surface area contributed by atoms with Crippen molar-refractivity contribution < 1.29 is 61.9 Å². The number of pyridine rings is 1. The number of Topliss-reactive ketones (excluding diaryl/α,β-unsaturated/α-hetero) is 1. The van der Waals surface area contributed by atoms with E-state index in [4.69, 9.17) is 23.7 Å². The topological polar surface area (TPSA) is 206 Å². The average Bonchev–Trinajstić information content (AvgIpc) is 3.71. The van der Waals surface area contributed by atoms with Gasteiger partial charge in [0.25, 0.3) is 0 Å². The Hall–Kier alpha value is -5.84. The molecule has 0 radical (unpaired) electrons. The molecule has 4 aliphatic carbocycles. The summed E-state index contributed by atoms with van der Waals surface area (Å²) in [5.74, 6) is -5.25. The Kier molecular flexibility index (Phi) is 13.8. The maximum Gasteiger partial charge on any atom is 0.407 e. The Labute approximate surface area is 407 Å². The summed E-state index contributed by atoms with van der Waals surface area (Å²) < 4.78 is 47.1. The molecule has 70 heavy (non-hydrogen) atoms. The molecule has 16 heteroatoms. The third kappa shape index (κ3) is 9.53. The molecule has 2 heterocycles. The van der Waals surface area contributed by atoms with Crippen molar-refractivity contribution in [2.45, 2.75) is 147 Å². The van der Waals surface area contributed by atoms with Gasteiger partial charge in [0.05, 0.1) is 18.1 Å². The number of aliphatic hydroxyl groups is 1. The molecule has 9 atom stereocenters. The fourth-order valence-corrected chi connectivity index (χ4v) is 12.0. The SMILES string of the molecule is CC(C)(C)OC(=O)NC[C@@H](C(=O)Nc1ccc2cnccc2c1)c1ccc(COC(=O)CCCCC(=O)OCC(=O)[C@@]23OC(C)(C)O[C@@H]2C[C@H]2[C@@H]4CCC5=CC(=O)C=C[C@]5(C)[C@@]4(F)[C@@H](O)C[C@@]23C)cc1. The fourth-order valence-electron chi connectivity index (χ4n) is 12.0. The van der Waals surface area contributed by atoms with E-state index in [0.717, 1.165) is 10.8 Å². The molecule has 3 N–H and O–H groups in total. The number of unbranched alkanes of at least 4 members (excludes halogenated alkanes) is 1. The van der Waals surface area contributed by atoms with Crippen molar-refractivity contribution in [2.75, 3.05) is 18.5 Å². The number of rotatable bonds is 15. The van der Waals surface area contributed by atoms with Crippen molar-refractivity contribution in [3.8, 4) is 0 Å². The molecule has 1 saturated heterocycles. The van der Waals surface area contributed by atoms with Gasteiger partial charge in [-0.15, -0.1) is 0 Å². The molecule has 1 aliphatic heterocycles. The molecule has 4 fully saturated rings. The number of aromatic nitrogens is 1. The van der Waals surface area contributed by atoms with Crippen LogP contribution in [-0.2, 0) is 54.3 Å². The summed E-state index contributed by atoms with van der Waals surface area (Å²) in [6.45, 7) is 11.5. The molecule has 8 rings (SSSR count). The van der Waals surface area contributed by atoms with E-state index in [1.165, 1.54) is 12.2 Å². The Morgan fingerprint density at radius 1 is 0.943 bits per heavy atom. The van der Waals surface area contributed by atoms with Crippen molar-refractivity contribution >= 4 is 52.0 Å². The van der Waals surface area contributed by atoms with E-state index >= 15 is 4.39 Å². The lowest BCUT2D eigenvalue weighted by Gasteiger charge is -2.62. The minimum Gasteiger partial charge on any atom is -0.461 e. The van der Waals surface area contributed by atoms with Crippen molar-refractivity contribution in [2.24, 2.45) is 22.7 Å². The molecule has 2 aromatic carbocycles. The number of esters is 2. The van der Waals surface area contributed by atoms with E-state index < -0.39 is 93.9 Å². The van der Waals surface area contributed by atoms with Crippen LogP contribution in [0.15, 0.2) is 84.7 Å². The summed E-state index contributed by atoms with van der Waals surface area (Å²) in [6.07, 6.45) is 6.53. The summed E-state index contributed by atoms with van der Waals surface area (Å²) in [5, 5.41) is 19.3. The van der Waals surface area contributed by atoms with Gasteiger partial charge < -0.3 is 39.4 Å². The number of hydrogen-bond acceptors (Lipinski definition) is 13. The van der Waals surface area contributed by atoms with Gasteiger partial charge >= 0.3 is 18.0 Å². The zero-order chi connectivity index (χ0) is 50.4. The summed E-state index contributed by atoms with van der Waals surface area (Å²) in [4.78, 5) is 82.9. The largest absolute Gasteiger partial charge is 0.461 e. The molecular weight excluding hydrogens is 902 g/mol. The van der Waals surface area contributed by atoms with Crippen LogP contribution in [0.5, 0.6) is 0 Å². The van der Waals surface area contributed by atoms with E-state index in [2.05, 4.69) is 15.6 Å². The molecule has 3 saturated carbocycles. The molecule has 0 unspecified atom stereocenters. The highest BCUT2D eigenvalue weighted by molar-refractivity contribution is 6.01. The van der Waals surface area contributed by atoms with E-state index in [1.807, 2.05) is 25.1 Å². The van der Waals surface area contributed by atoms with Crippen LogP contribution in [0, 0.1) is 22.7 Å². The van der Waals surface area contributed by atoms with Crippen molar-refractivity contribution in [1.29, 1.82) is 0 Å². The second-order valence-electron chi connectivity index (χ2n) is 21.4. The predicted octanol–water partition coefficient (Wildman–Crippen LogP) is 8.07. The van der Waals surface area contributed by atoms with Gasteiger partial charge in [-0.2, -0.15) is 0 Å². The Balaban J connectivity index is 0.820. The van der Waals surface area contributed by atoms with Crippen LogP contribution in [0.2, 0.25) is 0 Å². The van der Waals surface area contributed by atoms with Gasteiger partial charge in [0.2, 0.25) is 11.7 Å². The molecule has 374 valence electrons. The van der Waals surface area contributed by atoms with Gasteiger partial charge in [0.1, 0.15) is 12.2 Å². The first-order chi connectivity index (χ1) is 33.0. The number of allylic oxidation sites excluding steroid dienone is 4. The van der Waals surface area contributed by atoms with E-state index in [0.29, 0.717) is 48.1 Å². The molecule has 15 nitrogen and oxygen atoms in total. The zero-order valence-electron chi connectivity index (χ0n) is 40.9. The summed E-state index contributed by atoms with van der Waals surface area (Å²) >= 11 is 0. The van der Waals surface area contributed by atoms with Crippen molar-refractivity contribution in [3.05, 3.63) is 95.9 Å². The number of carbonyl (C=O) groups excluding carboxylic acids is 6. The van der Waals surface area contributed by atoms with Crippen LogP contribution in [0.3, 0.4) is 0 Å². The number of carbonyl (C=O) groups is 6. The molecule has 5 aliphatic rings. The fraction of sp³-hybridized carbons (Fsp3) is 0.537. The van der Waals surface area contributed by atoms with Crippen LogP contribution in [0.4, 0.5) is 14.9 Å². The highest BCUT2D eigenvalue weighted by Gasteiger charge is 2.80. The minimum atomic E-state index is -2.10. The van der Waals surface area contributed by atoms with Gasteiger partial charge in [-0.1, -0.05) is 48.9 Å². The van der Waals surface area contributed by atoms with Gasteiger partial charge in [-0.25, -0.2) is 9.18 Å². The van der Waals surface area contributed by atoms with Crippen molar-refractivity contribution in [1.82, 2.24) is 10.3 Å². The van der Waals surface area contributed by atoms with Gasteiger partial charge in [0, 0.05) is 59.6 Å². The number of fused-ring (bicyclic) bond motifs is 8. The molecule has 2 amide bonds. The second kappa shape index (κ2) is 19.1. The smallest absolute Gasteiger partial charge is 0.407 e. The van der Waals surface area contributed by atoms with Crippen LogP contribution >= 0.6 is 0 Å². The number of alkyl halides is 1. The molecule has 0 bridgehead atoms. The molecule has 1 aromatic heterocycles. The quantitative estimate of drug-likeness (QED) is 0.0750. The summed E-state index contributed by atoms with van der Waals surface area (Å²) in [5.41, 5.74) is -4.20. The lowest BCUT2D eigenvalue weighted by Crippen LogP contribution is -2.70. The second-order valence-corrected chi connectivity index (χ2v) is 21.4. The number of aliphatic hydroxyl groups excluding tert-OH is 1. The summed E-state index contributed by atoms with van der Waals surface area (Å²) in [6, 6.07) is 14.3. The number of alkyl carbamates (subject to hydrolysis) is 1. The summed E-state index contributed by atoms with van der Waals surface area (Å²) in [7, 11) is 0. The number of hydrogen-bond donors (Lipinski definition) is 3. The van der Waals surface area contributed by atoms with Crippen LogP contribution in [-0.4, -0.2) is 93.6 Å². The predicted molar refractivity (Wildman–Crippen MR) is 255 cm³/mol. The standard InChI is InChI=1S/C54H64FN3O12/c1-49(2,3)69-48(65)57-29-39(47(64)58-37-18-16-35-28-56-23-21-34(35)24-37)33-14-12-32(13-15-33)30-66-45(62)10-8-9-11-46(63)67-31-43(61)54-44(68-50(4,5)70-54)26-41-40-19-17-36-25-38(59)20-22-51(36,6)53(40,55)42(60)27-52(41,54)7/h12-16,18,20-25,28,39-42,44,60H,8-11,17,19,26-27,29-31H2,1-7H3,(H,57,65)(H,58,64)/t39-,40+,41+,42+,44-,51+,52+,53+,54-/m1/s1. The lowest BCUT2D eigenvalue weighted by molar-refractivity contribution is -0.246. The number of ether oxygens (including phenoxy) is 5. The third-order valence-electron chi connectivity index (χ3n) is 15.3. The number of halogens is 1. The van der Waals surface area contributed by atoms with E-state index in [1.54, 1.807) is 90.3 Å². The van der Waals surface area contributed by atoms with Crippen LogP contribution in [0.25, 0.3) is 10.8 Å². The Morgan fingerprint density at radius 2 is 1.66 bits per heavy atom. The first kappa shape index (κ1) is 50.5. The monoisotopic (exact) mass is 965 g/mol. The number of amides is 2. The first-order valence-electron chi connectivity index (χ1n) is 24.2. The zero-order valence-corrected chi connectivity index (χ0v) is 40.9. The van der Waals surface area contributed by atoms with Gasteiger partial charge in [-0.3, -0.25) is 29.0 Å². The Morgan fingerprint density at radius 3 is 2.37 bits per heavy atom. The normalized spacial score (nSPS) is 29.9. The van der Waals surface area contributed by atoms with Crippen LogP contribution < -0.4 is 10.6 Å². The maximum absolute atomic E-state index is 17.8. The molecule has 3 aromatic rings. The number of anilines is 1. The van der Waals surface area contributed by atoms with Gasteiger partial charge in [-0.05, 0) is 133 Å². The number of nitrogens with zero attached hydrogens (tertiary/aromatic N) is 1. The first-order valence-corrected chi connectivity index (χ1v) is 24.2. The van der Waals surface area contributed by atoms with Crippen molar-refractivity contribution in [3.63, 3.8) is 0 Å². The van der Waals surface area contributed by atoms with E-state index in [9.17, 15) is 33.9 Å². The van der Waals surface area contributed by atoms with Crippen LogP contribution in [0.1, 0.15) is 117 Å². The number of nitrogens with one attached hydrogen (secondary N) is 2. The number of ketones is 2. The number of benzene rings is 2. The minimum absolute atomic E-state index is 0.0287. The molecule has 0 spiro atoms. The maximum atomic E-state index is 17.8. The molecular formula is C54H64FN3O12. The van der Waals surface area contributed by atoms with E-state index in [-0.39, 0.29) is 50.5 Å².